The van der Waals surface area contributed by atoms with Gasteiger partial charge in [0, 0.05) is 41.5 Å². The van der Waals surface area contributed by atoms with E-state index in [-0.39, 0.29) is 0 Å². The van der Waals surface area contributed by atoms with Crippen molar-refractivity contribution in [2.45, 2.75) is 80.0 Å². The van der Waals surface area contributed by atoms with Gasteiger partial charge in [-0.3, -0.25) is 4.79 Å². The van der Waals surface area contributed by atoms with Gasteiger partial charge in [-0.25, -0.2) is 0 Å². The molecule has 0 aromatic heterocycles. The SMILES string of the molecule is O=C1CCC2NC3CCC(N4CCCC4)CC3SC2C1. The molecule has 2 saturated heterocycles. The van der Waals surface area contributed by atoms with Crippen LogP contribution in [0.15, 0.2) is 0 Å². The number of carbonyl (C=O) groups is 1. The minimum Gasteiger partial charge on any atom is -0.309 e. The van der Waals surface area contributed by atoms with Crippen LogP contribution in [0.4, 0.5) is 0 Å². The number of hydrogen-bond donors (Lipinski definition) is 1. The number of thioether (sulfide) groups is 1. The van der Waals surface area contributed by atoms with Gasteiger partial charge >= 0.3 is 0 Å². The van der Waals surface area contributed by atoms with Crippen LogP contribution < -0.4 is 5.32 Å². The first-order valence-electron chi connectivity index (χ1n) is 8.47. The third-order valence-electron chi connectivity index (χ3n) is 5.81. The highest BCUT2D eigenvalue weighted by atomic mass is 32.2. The molecule has 112 valence electrons. The van der Waals surface area contributed by atoms with Crippen molar-refractivity contribution in [2.24, 2.45) is 0 Å². The van der Waals surface area contributed by atoms with Crippen LogP contribution in [-0.4, -0.2) is 52.4 Å². The molecule has 4 fully saturated rings. The third kappa shape index (κ3) is 2.55. The molecule has 0 aromatic rings. The molecule has 1 N–H and O–H groups in total. The average Bonchev–Trinajstić information content (AvgIpc) is 2.98. The Morgan fingerprint density at radius 3 is 2.70 bits per heavy atom. The summed E-state index contributed by atoms with van der Waals surface area (Å²) < 4.78 is 0. The summed E-state index contributed by atoms with van der Waals surface area (Å²) in [6, 6.07) is 2.15. The predicted molar refractivity (Wildman–Crippen MR) is 83.2 cm³/mol. The van der Waals surface area contributed by atoms with Gasteiger partial charge in [0.05, 0.1) is 0 Å². The molecule has 4 heteroatoms. The Balaban J connectivity index is 1.41. The first-order valence-corrected chi connectivity index (χ1v) is 9.41. The number of nitrogens with one attached hydrogen (secondary N) is 1. The van der Waals surface area contributed by atoms with Crippen molar-refractivity contribution in [1.82, 2.24) is 10.2 Å². The number of nitrogens with zero attached hydrogens (tertiary/aromatic N) is 1. The van der Waals surface area contributed by atoms with E-state index in [2.05, 4.69) is 22.0 Å². The zero-order valence-corrected chi connectivity index (χ0v) is 13.0. The molecular weight excluding hydrogens is 268 g/mol. The van der Waals surface area contributed by atoms with Gasteiger partial charge in [0.15, 0.2) is 0 Å². The van der Waals surface area contributed by atoms with Crippen molar-refractivity contribution in [3.05, 3.63) is 0 Å². The summed E-state index contributed by atoms with van der Waals surface area (Å²) in [6.45, 7) is 2.65. The summed E-state index contributed by atoms with van der Waals surface area (Å²) in [5.74, 6) is 0.492. The lowest BCUT2D eigenvalue weighted by Crippen LogP contribution is -2.59. The lowest BCUT2D eigenvalue weighted by atomic mass is 9.86. The number of rotatable bonds is 1. The molecule has 0 amide bonds. The summed E-state index contributed by atoms with van der Waals surface area (Å²) >= 11 is 2.16. The molecular formula is C16H26N2OS. The molecule has 2 aliphatic heterocycles. The van der Waals surface area contributed by atoms with Crippen LogP contribution in [0.1, 0.15) is 51.4 Å². The number of Topliss-reactive ketones (excluding diaryl/α,β-unsaturated/α-hetero) is 1. The van der Waals surface area contributed by atoms with Gasteiger partial charge in [-0.15, -0.1) is 0 Å². The van der Waals surface area contributed by atoms with Crippen molar-refractivity contribution >= 4 is 17.5 Å². The van der Waals surface area contributed by atoms with Gasteiger partial charge in [-0.1, -0.05) is 0 Å². The van der Waals surface area contributed by atoms with E-state index in [0.717, 1.165) is 30.6 Å². The largest absolute Gasteiger partial charge is 0.309 e. The summed E-state index contributed by atoms with van der Waals surface area (Å²) in [4.78, 5) is 14.4. The Bertz CT molecular complexity index is 383. The Kier molecular flexibility index (Phi) is 3.82. The van der Waals surface area contributed by atoms with Gasteiger partial charge < -0.3 is 10.2 Å². The second-order valence-corrected chi connectivity index (χ2v) is 8.57. The topological polar surface area (TPSA) is 32.3 Å². The van der Waals surface area contributed by atoms with Crippen molar-refractivity contribution in [2.75, 3.05) is 13.1 Å². The van der Waals surface area contributed by atoms with E-state index in [9.17, 15) is 4.79 Å². The Morgan fingerprint density at radius 2 is 1.85 bits per heavy atom. The minimum absolute atomic E-state index is 0.492. The quantitative estimate of drug-likeness (QED) is 0.803. The Labute approximate surface area is 126 Å². The molecule has 5 atom stereocenters. The zero-order chi connectivity index (χ0) is 13.5. The van der Waals surface area contributed by atoms with E-state index in [4.69, 9.17) is 0 Å². The molecule has 2 saturated carbocycles. The first kappa shape index (κ1) is 13.6. The standard InChI is InChI=1S/C16H26N2OS/c19-12-4-6-14-16(10-12)20-15-9-11(3-5-13(15)17-14)18-7-1-2-8-18/h11,13-17H,1-10H2. The lowest BCUT2D eigenvalue weighted by molar-refractivity contribution is -0.120. The fourth-order valence-corrected chi connectivity index (χ4v) is 6.56. The monoisotopic (exact) mass is 294 g/mol. The minimum atomic E-state index is 0.492. The fourth-order valence-electron chi connectivity index (χ4n) is 4.69. The highest BCUT2D eigenvalue weighted by Crippen LogP contribution is 2.42. The Hall–Kier alpha value is -0.0600. The van der Waals surface area contributed by atoms with E-state index in [0.29, 0.717) is 23.1 Å². The summed E-state index contributed by atoms with van der Waals surface area (Å²) in [5, 5.41) is 5.21. The number of likely N-dealkylation sites (tertiary alicyclic amines) is 1. The number of hydrogen-bond acceptors (Lipinski definition) is 4. The van der Waals surface area contributed by atoms with Crippen LogP contribution in [0.2, 0.25) is 0 Å². The molecule has 0 radical (unpaired) electrons. The normalized spacial score (nSPS) is 46.0. The van der Waals surface area contributed by atoms with E-state index >= 15 is 0 Å². The molecule has 4 rings (SSSR count). The number of fused-ring (bicyclic) bond motifs is 2. The van der Waals surface area contributed by atoms with E-state index in [1.54, 1.807) is 0 Å². The molecule has 5 unspecified atom stereocenters. The molecule has 2 heterocycles. The van der Waals surface area contributed by atoms with Gasteiger partial charge in [-0.2, -0.15) is 11.8 Å². The summed E-state index contributed by atoms with van der Waals surface area (Å²) in [7, 11) is 0. The second kappa shape index (κ2) is 5.62. The maximum Gasteiger partial charge on any atom is 0.134 e. The van der Waals surface area contributed by atoms with E-state index in [1.165, 1.54) is 45.2 Å². The van der Waals surface area contributed by atoms with Crippen LogP contribution in [-0.2, 0) is 4.79 Å². The highest BCUT2D eigenvalue weighted by molar-refractivity contribution is 8.00. The molecule has 3 nitrogen and oxygen atoms in total. The van der Waals surface area contributed by atoms with Crippen LogP contribution in [0.3, 0.4) is 0 Å². The average molecular weight is 294 g/mol. The summed E-state index contributed by atoms with van der Waals surface area (Å²) in [6.07, 6.45) is 9.57. The number of ketones is 1. The van der Waals surface area contributed by atoms with Crippen molar-refractivity contribution in [3.8, 4) is 0 Å². The fraction of sp³-hybridized carbons (Fsp3) is 0.938. The molecule has 0 aromatic carbocycles. The zero-order valence-electron chi connectivity index (χ0n) is 12.2. The van der Waals surface area contributed by atoms with Crippen LogP contribution >= 0.6 is 11.8 Å². The van der Waals surface area contributed by atoms with E-state index in [1.807, 2.05) is 0 Å². The maximum atomic E-state index is 11.7. The van der Waals surface area contributed by atoms with Crippen molar-refractivity contribution < 1.29 is 4.79 Å². The lowest BCUT2D eigenvalue weighted by Gasteiger charge is -2.48. The maximum absolute atomic E-state index is 11.7. The van der Waals surface area contributed by atoms with Crippen molar-refractivity contribution in [3.63, 3.8) is 0 Å². The second-order valence-electron chi connectivity index (χ2n) is 7.08. The molecule has 20 heavy (non-hydrogen) atoms. The third-order valence-corrected chi connectivity index (χ3v) is 7.53. The van der Waals surface area contributed by atoms with Gasteiger partial charge in [0.2, 0.25) is 0 Å². The van der Waals surface area contributed by atoms with Crippen LogP contribution in [0, 0.1) is 0 Å². The van der Waals surface area contributed by atoms with Crippen LogP contribution in [0.25, 0.3) is 0 Å². The highest BCUT2D eigenvalue weighted by Gasteiger charge is 2.43. The van der Waals surface area contributed by atoms with Gasteiger partial charge in [-0.05, 0) is 51.6 Å². The molecule has 0 spiro atoms. The number of carbonyl (C=O) groups excluding carboxylic acids is 1. The van der Waals surface area contributed by atoms with Crippen molar-refractivity contribution in [1.29, 1.82) is 0 Å². The molecule has 2 aliphatic carbocycles. The molecule has 4 aliphatic rings. The molecule has 0 bridgehead atoms. The Morgan fingerprint density at radius 1 is 1.05 bits per heavy atom. The smallest absolute Gasteiger partial charge is 0.134 e. The summed E-state index contributed by atoms with van der Waals surface area (Å²) in [5.41, 5.74) is 0. The predicted octanol–water partition coefficient (Wildman–Crippen LogP) is 2.20. The van der Waals surface area contributed by atoms with Gasteiger partial charge in [0.1, 0.15) is 5.78 Å². The van der Waals surface area contributed by atoms with Crippen LogP contribution in [0.5, 0.6) is 0 Å². The van der Waals surface area contributed by atoms with E-state index < -0.39 is 0 Å². The first-order chi connectivity index (χ1) is 9.79. The van der Waals surface area contributed by atoms with Gasteiger partial charge in [0.25, 0.3) is 0 Å².